The molecule has 0 fully saturated rings. The van der Waals surface area contributed by atoms with Crippen LogP contribution in [0.2, 0.25) is 5.02 Å². The lowest BCUT2D eigenvalue weighted by atomic mass is 10.1. The number of fused-ring (bicyclic) bond motifs is 1. The van der Waals surface area contributed by atoms with Gasteiger partial charge in [-0.2, -0.15) is 0 Å². The summed E-state index contributed by atoms with van der Waals surface area (Å²) in [5, 5.41) is 0.955. The summed E-state index contributed by atoms with van der Waals surface area (Å²) in [6.07, 6.45) is 0. The van der Waals surface area contributed by atoms with Crippen molar-refractivity contribution in [2.45, 2.75) is 0 Å². The Morgan fingerprint density at radius 3 is 2.45 bits per heavy atom. The summed E-state index contributed by atoms with van der Waals surface area (Å²) in [6, 6.07) is 12.2. The van der Waals surface area contributed by atoms with Gasteiger partial charge in [0.15, 0.2) is 0 Å². The first-order valence-corrected chi connectivity index (χ1v) is 6.96. The molecule has 0 amide bonds. The third kappa shape index (κ3) is 2.42. The van der Waals surface area contributed by atoms with Crippen LogP contribution in [0.5, 0.6) is 11.5 Å². The van der Waals surface area contributed by atoms with E-state index in [1.807, 2.05) is 0 Å². The van der Waals surface area contributed by atoms with Crippen LogP contribution < -0.4 is 15.1 Å². The second-order valence-electron chi connectivity index (χ2n) is 4.67. The highest BCUT2D eigenvalue weighted by molar-refractivity contribution is 6.38. The van der Waals surface area contributed by atoms with Crippen molar-refractivity contribution in [3.8, 4) is 22.6 Å². The molecule has 5 heteroatoms. The lowest BCUT2D eigenvalue weighted by molar-refractivity contribution is 0.414. The molecule has 1 heterocycles. The summed E-state index contributed by atoms with van der Waals surface area (Å²) in [6.45, 7) is 0. The minimum Gasteiger partial charge on any atom is -0.497 e. The zero-order valence-electron chi connectivity index (χ0n) is 12.1. The van der Waals surface area contributed by atoms with E-state index in [0.29, 0.717) is 38.6 Å². The van der Waals surface area contributed by atoms with Crippen molar-refractivity contribution < 1.29 is 13.9 Å². The van der Waals surface area contributed by atoms with Crippen LogP contribution in [-0.2, 0) is 0 Å². The molecule has 0 unspecified atom stereocenters. The third-order valence-corrected chi connectivity index (χ3v) is 3.80. The van der Waals surface area contributed by atoms with E-state index in [9.17, 15) is 4.79 Å². The second kappa shape index (κ2) is 5.73. The van der Waals surface area contributed by atoms with Crippen LogP contribution in [0.4, 0.5) is 0 Å². The van der Waals surface area contributed by atoms with E-state index in [4.69, 9.17) is 25.5 Å². The molecule has 22 heavy (non-hydrogen) atoms. The molecule has 3 aromatic rings. The first kappa shape index (κ1) is 14.5. The van der Waals surface area contributed by atoms with Crippen LogP contribution >= 0.6 is 11.6 Å². The van der Waals surface area contributed by atoms with Gasteiger partial charge in [-0.1, -0.05) is 23.7 Å². The molecule has 4 nitrogen and oxygen atoms in total. The molecule has 0 saturated carbocycles. The predicted octanol–water partition coefficient (Wildman–Crippen LogP) is 4.13. The van der Waals surface area contributed by atoms with Gasteiger partial charge in [-0.25, -0.2) is 4.79 Å². The number of hydrogen-bond donors (Lipinski definition) is 0. The molecular weight excluding hydrogens is 304 g/mol. The lowest BCUT2D eigenvalue weighted by Gasteiger charge is -2.08. The Morgan fingerprint density at radius 2 is 1.73 bits per heavy atom. The van der Waals surface area contributed by atoms with E-state index >= 15 is 0 Å². The molecule has 0 bridgehead atoms. The third-order valence-electron chi connectivity index (χ3n) is 3.41. The van der Waals surface area contributed by atoms with Crippen molar-refractivity contribution in [2.75, 3.05) is 14.2 Å². The fourth-order valence-electron chi connectivity index (χ4n) is 2.29. The molecule has 0 spiro atoms. The molecule has 3 rings (SSSR count). The fraction of sp³-hybridized carbons (Fsp3) is 0.118. The maximum atomic E-state index is 12.3. The maximum Gasteiger partial charge on any atom is 0.345 e. The number of hydrogen-bond acceptors (Lipinski definition) is 4. The summed E-state index contributed by atoms with van der Waals surface area (Å²) in [5.74, 6) is 1.28. The summed E-state index contributed by atoms with van der Waals surface area (Å²) >= 11 is 6.45. The quantitative estimate of drug-likeness (QED) is 0.682. The lowest BCUT2D eigenvalue weighted by Crippen LogP contribution is -2.04. The van der Waals surface area contributed by atoms with Gasteiger partial charge in [0.05, 0.1) is 24.8 Å². The SMILES string of the molecule is COc1cccc(-c2c(Cl)c3cc(OC)ccc3oc2=O)c1. The van der Waals surface area contributed by atoms with Gasteiger partial charge in [0.1, 0.15) is 17.1 Å². The Bertz CT molecular complexity index is 899. The molecule has 2 aromatic carbocycles. The maximum absolute atomic E-state index is 12.3. The van der Waals surface area contributed by atoms with Gasteiger partial charge >= 0.3 is 5.63 Å². The Hall–Kier alpha value is -2.46. The van der Waals surface area contributed by atoms with Gasteiger partial charge in [0, 0.05) is 5.39 Å². The summed E-state index contributed by atoms with van der Waals surface area (Å²) in [4.78, 5) is 12.3. The zero-order valence-corrected chi connectivity index (χ0v) is 12.8. The molecule has 0 saturated heterocycles. The molecule has 0 radical (unpaired) electrons. The second-order valence-corrected chi connectivity index (χ2v) is 5.05. The van der Waals surface area contributed by atoms with Crippen molar-refractivity contribution in [2.24, 2.45) is 0 Å². The first-order valence-electron chi connectivity index (χ1n) is 6.59. The summed E-state index contributed by atoms with van der Waals surface area (Å²) < 4.78 is 15.7. The Morgan fingerprint density at radius 1 is 1.00 bits per heavy atom. The molecule has 0 aliphatic carbocycles. The summed E-state index contributed by atoms with van der Waals surface area (Å²) in [5.41, 5.74) is 0.877. The highest BCUT2D eigenvalue weighted by Gasteiger charge is 2.16. The molecule has 0 aliphatic rings. The van der Waals surface area contributed by atoms with E-state index < -0.39 is 5.63 Å². The van der Waals surface area contributed by atoms with E-state index in [-0.39, 0.29) is 0 Å². The van der Waals surface area contributed by atoms with Crippen LogP contribution in [0.25, 0.3) is 22.1 Å². The summed E-state index contributed by atoms with van der Waals surface area (Å²) in [7, 11) is 3.13. The van der Waals surface area contributed by atoms with Gasteiger partial charge in [0.2, 0.25) is 0 Å². The number of ether oxygens (including phenoxy) is 2. The number of benzene rings is 2. The number of rotatable bonds is 3. The van der Waals surface area contributed by atoms with Crippen LogP contribution in [0.15, 0.2) is 51.7 Å². The van der Waals surface area contributed by atoms with E-state index in [1.165, 1.54) is 0 Å². The normalized spacial score (nSPS) is 10.7. The van der Waals surface area contributed by atoms with Crippen molar-refractivity contribution in [1.29, 1.82) is 0 Å². The van der Waals surface area contributed by atoms with Crippen molar-refractivity contribution in [3.05, 3.63) is 57.9 Å². The van der Waals surface area contributed by atoms with E-state index in [2.05, 4.69) is 0 Å². The smallest absolute Gasteiger partial charge is 0.345 e. The van der Waals surface area contributed by atoms with Gasteiger partial charge in [-0.15, -0.1) is 0 Å². The Labute approximate surface area is 131 Å². The standard InChI is InChI=1S/C17H13ClO4/c1-20-11-5-3-4-10(8-11)15-16(18)13-9-12(21-2)6-7-14(13)22-17(15)19/h3-9H,1-2H3. The Balaban J connectivity index is 2.31. The first-order chi connectivity index (χ1) is 10.6. The van der Waals surface area contributed by atoms with E-state index in [1.54, 1.807) is 56.7 Å². The molecule has 1 aromatic heterocycles. The largest absolute Gasteiger partial charge is 0.497 e. The number of methoxy groups -OCH3 is 2. The molecule has 0 N–H and O–H groups in total. The average molecular weight is 317 g/mol. The van der Waals surface area contributed by atoms with Crippen LogP contribution in [0.3, 0.4) is 0 Å². The van der Waals surface area contributed by atoms with Crippen molar-refractivity contribution in [3.63, 3.8) is 0 Å². The van der Waals surface area contributed by atoms with Gasteiger partial charge in [-0.05, 0) is 35.9 Å². The predicted molar refractivity (Wildman–Crippen MR) is 86.0 cm³/mol. The van der Waals surface area contributed by atoms with Crippen LogP contribution in [0.1, 0.15) is 0 Å². The van der Waals surface area contributed by atoms with Gasteiger partial charge in [-0.3, -0.25) is 0 Å². The van der Waals surface area contributed by atoms with Crippen molar-refractivity contribution in [1.82, 2.24) is 0 Å². The van der Waals surface area contributed by atoms with Gasteiger partial charge < -0.3 is 13.9 Å². The van der Waals surface area contributed by atoms with E-state index in [0.717, 1.165) is 0 Å². The molecule has 0 atom stereocenters. The van der Waals surface area contributed by atoms with Crippen LogP contribution in [0, 0.1) is 0 Å². The minimum atomic E-state index is -0.490. The molecular formula is C17H13ClO4. The monoisotopic (exact) mass is 316 g/mol. The van der Waals surface area contributed by atoms with Crippen molar-refractivity contribution >= 4 is 22.6 Å². The highest BCUT2D eigenvalue weighted by atomic mass is 35.5. The average Bonchev–Trinajstić information content (AvgIpc) is 2.55. The molecule has 112 valence electrons. The minimum absolute atomic E-state index is 0.307. The zero-order chi connectivity index (χ0) is 15.7. The van der Waals surface area contributed by atoms with Crippen LogP contribution in [-0.4, -0.2) is 14.2 Å². The topological polar surface area (TPSA) is 48.7 Å². The molecule has 0 aliphatic heterocycles. The fourth-order valence-corrected chi connectivity index (χ4v) is 2.63. The highest BCUT2D eigenvalue weighted by Crippen LogP contribution is 2.34. The van der Waals surface area contributed by atoms with Gasteiger partial charge in [0.25, 0.3) is 0 Å². The Kier molecular flexibility index (Phi) is 3.77. The number of halogens is 1.